The third kappa shape index (κ3) is 4.16. The van der Waals surface area contributed by atoms with Crippen LogP contribution >= 0.6 is 0 Å². The van der Waals surface area contributed by atoms with Crippen molar-refractivity contribution in [2.24, 2.45) is 4.52 Å². The quantitative estimate of drug-likeness (QED) is 0.361. The van der Waals surface area contributed by atoms with Crippen LogP contribution in [0.25, 0.3) is 22.0 Å². The smallest absolute Gasteiger partial charge is 0.335 e. The predicted octanol–water partition coefficient (Wildman–Crippen LogP) is 4.77. The minimum absolute atomic E-state index is 0.0823. The molecule has 32 heavy (non-hydrogen) atoms. The normalized spacial score (nSPS) is 11.3. The van der Waals surface area contributed by atoms with Gasteiger partial charge in [0.05, 0.1) is 16.0 Å². The number of sulfonamides is 1. The second-order valence-corrected chi connectivity index (χ2v) is 8.62. The van der Waals surface area contributed by atoms with Gasteiger partial charge in [-0.3, -0.25) is 0 Å². The van der Waals surface area contributed by atoms with Crippen LogP contribution in [0.1, 0.15) is 15.9 Å². The fraction of sp³-hybridized carbons (Fsp3) is 0.0455. The van der Waals surface area contributed by atoms with E-state index in [2.05, 4.69) is 19.8 Å². The van der Waals surface area contributed by atoms with Crippen molar-refractivity contribution in [3.05, 3.63) is 78.0 Å². The summed E-state index contributed by atoms with van der Waals surface area (Å²) in [4.78, 5) is 20.1. The summed E-state index contributed by atoms with van der Waals surface area (Å²) < 4.78 is 25.9. The molecule has 10 heteroatoms. The number of rotatable bonds is 6. The molecule has 0 aliphatic carbocycles. The number of carboxylic acids is 1. The van der Waals surface area contributed by atoms with Crippen molar-refractivity contribution in [1.29, 1.82) is 5.53 Å². The molecule has 0 unspecified atom stereocenters. The van der Waals surface area contributed by atoms with Gasteiger partial charge in [0, 0.05) is 17.3 Å². The van der Waals surface area contributed by atoms with E-state index < -0.39 is 16.0 Å². The molecule has 0 aliphatic rings. The van der Waals surface area contributed by atoms with E-state index >= 15 is 0 Å². The van der Waals surface area contributed by atoms with Gasteiger partial charge in [-0.2, -0.15) is 13.9 Å². The Morgan fingerprint density at radius 2 is 1.81 bits per heavy atom. The van der Waals surface area contributed by atoms with Crippen molar-refractivity contribution in [2.45, 2.75) is 11.8 Å². The summed E-state index contributed by atoms with van der Waals surface area (Å²) in [6, 6.07) is 16.3. The highest BCUT2D eigenvalue weighted by Gasteiger charge is 2.12. The summed E-state index contributed by atoms with van der Waals surface area (Å²) >= 11 is 0. The number of carbonyl (C=O) groups is 1. The van der Waals surface area contributed by atoms with Crippen LogP contribution in [0.2, 0.25) is 0 Å². The van der Waals surface area contributed by atoms with Gasteiger partial charge < -0.3 is 10.4 Å². The average Bonchev–Trinajstić information content (AvgIpc) is 2.79. The van der Waals surface area contributed by atoms with Gasteiger partial charge in [-0.1, -0.05) is 22.7 Å². The molecule has 1 heterocycles. The lowest BCUT2D eigenvalue weighted by Gasteiger charge is -2.10. The molecule has 3 N–H and O–H groups in total. The topological polar surface area (TPSA) is 145 Å². The molecule has 0 aliphatic heterocycles. The molecule has 0 amide bonds. The Kier molecular flexibility index (Phi) is 5.37. The SMILES string of the molecule is Cc1ccc(C(=O)O)cc1-c1ccc2cnc(Nc3ccc(S(=O)(=O)N=N)cc3)nc2c1. The molecule has 0 bridgehead atoms. The van der Waals surface area contributed by atoms with Crippen LogP contribution in [0.4, 0.5) is 11.6 Å². The molecular weight excluding hydrogens is 430 g/mol. The lowest BCUT2D eigenvalue weighted by Crippen LogP contribution is -1.99. The minimum atomic E-state index is -3.96. The molecule has 0 spiro atoms. The fourth-order valence-corrected chi connectivity index (χ4v) is 3.79. The number of fused-ring (bicyclic) bond motifs is 1. The van der Waals surface area contributed by atoms with Gasteiger partial charge >= 0.3 is 5.97 Å². The van der Waals surface area contributed by atoms with Crippen molar-refractivity contribution < 1.29 is 18.3 Å². The number of anilines is 2. The van der Waals surface area contributed by atoms with Gasteiger partial charge in [0.25, 0.3) is 10.0 Å². The van der Waals surface area contributed by atoms with E-state index in [4.69, 9.17) is 5.53 Å². The molecule has 3 aromatic carbocycles. The number of aryl methyl sites for hydroxylation is 1. The summed E-state index contributed by atoms with van der Waals surface area (Å²) in [5.74, 6) is -0.678. The molecule has 1 aromatic heterocycles. The Bertz CT molecular complexity index is 1470. The number of hydrogen-bond acceptors (Lipinski definition) is 7. The zero-order valence-corrected chi connectivity index (χ0v) is 17.6. The van der Waals surface area contributed by atoms with Crippen LogP contribution < -0.4 is 5.32 Å². The van der Waals surface area contributed by atoms with Crippen LogP contribution in [0, 0.1) is 12.5 Å². The number of carboxylic acid groups (broad SMARTS) is 1. The Morgan fingerprint density at radius 1 is 1.06 bits per heavy atom. The van der Waals surface area contributed by atoms with E-state index in [1.807, 2.05) is 25.1 Å². The van der Waals surface area contributed by atoms with E-state index in [0.717, 1.165) is 22.1 Å². The van der Waals surface area contributed by atoms with Crippen LogP contribution in [-0.4, -0.2) is 29.5 Å². The van der Waals surface area contributed by atoms with Gasteiger partial charge in [-0.25, -0.2) is 14.8 Å². The van der Waals surface area contributed by atoms with Crippen molar-refractivity contribution in [3.63, 3.8) is 0 Å². The van der Waals surface area contributed by atoms with E-state index in [9.17, 15) is 18.3 Å². The second kappa shape index (κ2) is 8.16. The highest BCUT2D eigenvalue weighted by Crippen LogP contribution is 2.28. The molecule has 0 radical (unpaired) electrons. The van der Waals surface area contributed by atoms with Crippen molar-refractivity contribution in [2.75, 3.05) is 5.32 Å². The molecule has 0 fully saturated rings. The van der Waals surface area contributed by atoms with Gasteiger partial charge in [0.2, 0.25) is 5.95 Å². The molecule has 9 nitrogen and oxygen atoms in total. The first-order chi connectivity index (χ1) is 15.3. The highest BCUT2D eigenvalue weighted by molar-refractivity contribution is 7.90. The first-order valence-electron chi connectivity index (χ1n) is 9.39. The minimum Gasteiger partial charge on any atom is -0.478 e. The summed E-state index contributed by atoms with van der Waals surface area (Å²) in [6.07, 6.45) is 1.66. The Morgan fingerprint density at radius 3 is 2.50 bits per heavy atom. The lowest BCUT2D eigenvalue weighted by molar-refractivity contribution is 0.0697. The number of hydrogen-bond donors (Lipinski definition) is 3. The summed E-state index contributed by atoms with van der Waals surface area (Å²) in [5, 5.41) is 13.1. The van der Waals surface area contributed by atoms with Gasteiger partial charge in [0.15, 0.2) is 0 Å². The Hall–Kier alpha value is -4.18. The Labute approximate surface area is 183 Å². The van der Waals surface area contributed by atoms with Crippen LogP contribution in [0.15, 0.2) is 76.3 Å². The monoisotopic (exact) mass is 447 g/mol. The van der Waals surface area contributed by atoms with Crippen molar-refractivity contribution >= 4 is 38.5 Å². The van der Waals surface area contributed by atoms with Crippen LogP contribution in [-0.2, 0) is 10.0 Å². The van der Waals surface area contributed by atoms with Gasteiger partial charge in [0.1, 0.15) is 0 Å². The first kappa shape index (κ1) is 21.1. The molecular formula is C22H17N5O4S. The van der Waals surface area contributed by atoms with Crippen molar-refractivity contribution in [1.82, 2.24) is 9.97 Å². The summed E-state index contributed by atoms with van der Waals surface area (Å²) in [6.45, 7) is 1.91. The standard InChI is InChI=1S/C22H17N5O4S/c1-13-2-3-15(21(28)29)10-19(13)14-4-5-16-12-24-22(26-20(16)11-14)25-17-6-8-18(9-7-17)32(30,31)27-23/h2-12,23H,1H3,(H,28,29)(H,24,25,26). The zero-order valence-electron chi connectivity index (χ0n) is 16.8. The average molecular weight is 447 g/mol. The number of benzene rings is 3. The maximum atomic E-state index is 11.6. The number of aromatic nitrogens is 2. The van der Waals surface area contributed by atoms with E-state index in [0.29, 0.717) is 17.2 Å². The molecule has 160 valence electrons. The third-order valence-corrected chi connectivity index (χ3v) is 6.01. The third-order valence-electron chi connectivity index (χ3n) is 4.91. The van der Waals surface area contributed by atoms with E-state index in [1.54, 1.807) is 24.4 Å². The van der Waals surface area contributed by atoms with E-state index in [1.165, 1.54) is 24.3 Å². The maximum Gasteiger partial charge on any atom is 0.335 e. The molecule has 4 aromatic rings. The number of aromatic carboxylic acids is 1. The number of nitrogens with zero attached hydrogens (tertiary/aromatic N) is 3. The first-order valence-corrected chi connectivity index (χ1v) is 10.8. The lowest BCUT2D eigenvalue weighted by atomic mass is 9.97. The predicted molar refractivity (Wildman–Crippen MR) is 119 cm³/mol. The summed E-state index contributed by atoms with van der Waals surface area (Å²) in [7, 11) is -3.96. The number of nitrogens with one attached hydrogen (secondary N) is 2. The largest absolute Gasteiger partial charge is 0.478 e. The maximum absolute atomic E-state index is 11.6. The van der Waals surface area contributed by atoms with Crippen LogP contribution in [0.5, 0.6) is 0 Å². The molecule has 0 saturated carbocycles. The molecule has 0 saturated heterocycles. The highest BCUT2D eigenvalue weighted by atomic mass is 32.2. The van der Waals surface area contributed by atoms with E-state index in [-0.39, 0.29) is 10.5 Å². The Balaban J connectivity index is 1.67. The zero-order chi connectivity index (χ0) is 22.9. The second-order valence-electron chi connectivity index (χ2n) is 7.02. The summed E-state index contributed by atoms with van der Waals surface area (Å²) in [5.41, 5.74) is 10.8. The van der Waals surface area contributed by atoms with Gasteiger partial charge in [-0.15, -0.1) is 0 Å². The fourth-order valence-electron chi connectivity index (χ4n) is 3.21. The molecule has 4 rings (SSSR count). The van der Waals surface area contributed by atoms with Gasteiger partial charge in [-0.05, 0) is 66.1 Å². The van der Waals surface area contributed by atoms with Crippen molar-refractivity contribution in [3.8, 4) is 11.1 Å². The molecule has 0 atom stereocenters. The van der Waals surface area contributed by atoms with Crippen LogP contribution in [0.3, 0.4) is 0 Å².